The normalized spacial score (nSPS) is 18.5. The molecule has 0 unspecified atom stereocenters. The monoisotopic (exact) mass is 507 g/mol. The molecule has 1 aliphatic rings. The lowest BCUT2D eigenvalue weighted by atomic mass is 9.93. The average molecular weight is 507 g/mol. The maximum atomic E-state index is 13.4. The van der Waals surface area contributed by atoms with Crippen molar-refractivity contribution < 1.29 is 45.4 Å². The van der Waals surface area contributed by atoms with E-state index in [1.54, 1.807) is 0 Å². The summed E-state index contributed by atoms with van der Waals surface area (Å²) < 4.78 is 92.7. The summed E-state index contributed by atoms with van der Waals surface area (Å²) in [6, 6.07) is 4.19. The van der Waals surface area contributed by atoms with Crippen molar-refractivity contribution in [2.24, 2.45) is 0 Å². The van der Waals surface area contributed by atoms with E-state index in [0.29, 0.717) is 22.6 Å². The van der Waals surface area contributed by atoms with Crippen LogP contribution in [0, 0.1) is 5.82 Å². The van der Waals surface area contributed by atoms with Gasteiger partial charge in [0.15, 0.2) is 0 Å². The summed E-state index contributed by atoms with van der Waals surface area (Å²) in [4.78, 5) is 27.4. The van der Waals surface area contributed by atoms with Gasteiger partial charge >= 0.3 is 24.5 Å². The molecule has 35 heavy (non-hydrogen) atoms. The maximum absolute atomic E-state index is 13.4. The number of hydrogen-bond acceptors (Lipinski definition) is 2. The smallest absolute Gasteiger partial charge is 0.416 e. The molecule has 1 N–H and O–H groups in total. The van der Waals surface area contributed by atoms with Gasteiger partial charge < -0.3 is 14.9 Å². The highest BCUT2D eigenvalue weighted by Crippen LogP contribution is 2.39. The van der Waals surface area contributed by atoms with Gasteiger partial charge in [-0.2, -0.15) is 26.3 Å². The first-order chi connectivity index (χ1) is 16.1. The summed E-state index contributed by atoms with van der Waals surface area (Å²) in [5.74, 6) is -1.14. The fourth-order valence-corrected chi connectivity index (χ4v) is 3.99. The topological polar surface area (TPSA) is 64.1 Å². The van der Waals surface area contributed by atoms with E-state index < -0.39 is 59.1 Å². The van der Waals surface area contributed by atoms with Gasteiger partial charge in [-0.3, -0.25) is 4.90 Å². The highest BCUT2D eigenvalue weighted by atomic mass is 19.4. The zero-order valence-electron chi connectivity index (χ0n) is 18.4. The van der Waals surface area contributed by atoms with Crippen LogP contribution in [0.1, 0.15) is 22.6 Å². The number of likely N-dealkylation sites (tertiary alicyclic amines) is 1. The predicted molar refractivity (Wildman–Crippen MR) is 111 cm³/mol. The number of amides is 3. The number of likely N-dealkylation sites (N-methyl/N-ethyl adjacent to an activating group) is 1. The van der Waals surface area contributed by atoms with E-state index in [9.17, 15) is 45.4 Å². The Kier molecular flexibility index (Phi) is 6.91. The molecule has 1 heterocycles. The molecule has 0 bridgehead atoms. The third-order valence-corrected chi connectivity index (χ3v) is 5.90. The summed E-state index contributed by atoms with van der Waals surface area (Å²) in [5.41, 5.74) is -3.28. The molecule has 1 aliphatic heterocycles. The first kappa shape index (κ1) is 26.1. The number of halogens is 7. The second-order valence-corrected chi connectivity index (χ2v) is 8.13. The molecular formula is C22H20F7N3O3. The Morgan fingerprint density at radius 3 is 1.89 bits per heavy atom. The Labute approximate surface area is 195 Å². The van der Waals surface area contributed by atoms with Crippen molar-refractivity contribution in [3.8, 4) is 0 Å². The number of rotatable bonds is 3. The molecule has 0 radical (unpaired) electrons. The van der Waals surface area contributed by atoms with Crippen LogP contribution in [0.2, 0.25) is 0 Å². The van der Waals surface area contributed by atoms with Gasteiger partial charge in [-0.25, -0.2) is 14.0 Å². The lowest BCUT2D eigenvalue weighted by Crippen LogP contribution is -2.47. The van der Waals surface area contributed by atoms with Gasteiger partial charge in [0.1, 0.15) is 5.82 Å². The average Bonchev–Trinajstić information content (AvgIpc) is 3.22. The third-order valence-electron chi connectivity index (χ3n) is 5.90. The van der Waals surface area contributed by atoms with Crippen LogP contribution in [-0.4, -0.2) is 60.3 Å². The number of alkyl halides is 6. The molecule has 0 saturated carbocycles. The Bertz CT molecular complexity index is 1070. The molecule has 3 rings (SSSR count). The molecule has 1 fully saturated rings. The zero-order chi connectivity index (χ0) is 26.3. The van der Waals surface area contributed by atoms with Crippen molar-refractivity contribution in [1.82, 2.24) is 9.80 Å². The van der Waals surface area contributed by atoms with Crippen LogP contribution in [0.4, 0.5) is 46.0 Å². The molecule has 190 valence electrons. The molecule has 3 amide bonds. The molecule has 0 spiro atoms. The van der Waals surface area contributed by atoms with Crippen molar-refractivity contribution in [3.63, 3.8) is 0 Å². The number of nitrogens with zero attached hydrogens (tertiary/aromatic N) is 3. The van der Waals surface area contributed by atoms with Crippen LogP contribution in [0.5, 0.6) is 0 Å². The van der Waals surface area contributed by atoms with Crippen LogP contribution in [0.3, 0.4) is 0 Å². The van der Waals surface area contributed by atoms with Gasteiger partial charge in [-0.05, 0) is 35.9 Å². The van der Waals surface area contributed by atoms with Gasteiger partial charge in [-0.1, -0.05) is 12.1 Å². The van der Waals surface area contributed by atoms with Crippen molar-refractivity contribution in [1.29, 1.82) is 0 Å². The van der Waals surface area contributed by atoms with Crippen LogP contribution >= 0.6 is 0 Å². The number of benzene rings is 2. The highest BCUT2D eigenvalue weighted by Gasteiger charge is 2.42. The van der Waals surface area contributed by atoms with E-state index >= 15 is 0 Å². The van der Waals surface area contributed by atoms with Crippen LogP contribution in [0.15, 0.2) is 42.5 Å². The van der Waals surface area contributed by atoms with E-state index in [0.717, 1.165) is 29.0 Å². The molecule has 2 aromatic carbocycles. The van der Waals surface area contributed by atoms with Crippen molar-refractivity contribution in [2.75, 3.05) is 32.1 Å². The quantitative estimate of drug-likeness (QED) is 0.559. The summed E-state index contributed by atoms with van der Waals surface area (Å²) >= 11 is 0. The number of anilines is 1. The minimum Gasteiger partial charge on any atom is -0.465 e. The summed E-state index contributed by atoms with van der Waals surface area (Å²) in [5, 5.41) is 9.40. The fraction of sp³-hybridized carbons (Fsp3) is 0.364. The second-order valence-electron chi connectivity index (χ2n) is 8.13. The SMILES string of the molecule is CN(C(=O)N(C)[C@@H]1CN(C(=O)O)C[C@H]1c1ccc(F)cc1)c1cc(C(F)(F)F)cc(C(F)(F)F)c1. The standard InChI is InChI=1S/C22H20F7N3O3/c1-30(16-8-13(21(24,25)26)7-14(9-16)22(27,28)29)19(33)31(2)18-11-32(20(34)35)10-17(18)12-3-5-15(23)6-4-12/h3-9,17-18H,10-11H2,1-2H3,(H,34,35)/t17-,18+/m0/s1. The maximum Gasteiger partial charge on any atom is 0.416 e. The number of carboxylic acid groups (broad SMARTS) is 1. The molecule has 2 aromatic rings. The summed E-state index contributed by atoms with van der Waals surface area (Å²) in [6.45, 7) is -0.210. The second kappa shape index (κ2) is 9.27. The number of hydrogen-bond donors (Lipinski definition) is 1. The Hall–Kier alpha value is -3.51. The van der Waals surface area contributed by atoms with Crippen LogP contribution in [0.25, 0.3) is 0 Å². The lowest BCUT2D eigenvalue weighted by molar-refractivity contribution is -0.143. The molecule has 6 nitrogen and oxygen atoms in total. The Balaban J connectivity index is 1.95. The summed E-state index contributed by atoms with van der Waals surface area (Å²) in [7, 11) is 2.29. The number of carbonyl (C=O) groups is 2. The van der Waals surface area contributed by atoms with E-state index in [1.165, 1.54) is 19.2 Å². The number of carbonyl (C=O) groups excluding carboxylic acids is 1. The van der Waals surface area contributed by atoms with Gasteiger partial charge in [0.05, 0.1) is 17.2 Å². The molecular weight excluding hydrogens is 487 g/mol. The minimum absolute atomic E-state index is 0.0438. The molecule has 2 atom stereocenters. The Morgan fingerprint density at radius 2 is 1.43 bits per heavy atom. The summed E-state index contributed by atoms with van der Waals surface area (Å²) in [6.07, 6.45) is -11.5. The lowest BCUT2D eigenvalue weighted by Gasteiger charge is -2.33. The first-order valence-corrected chi connectivity index (χ1v) is 10.1. The molecule has 1 saturated heterocycles. The van der Waals surface area contributed by atoms with E-state index in [4.69, 9.17) is 0 Å². The first-order valence-electron chi connectivity index (χ1n) is 10.1. The van der Waals surface area contributed by atoms with Gasteiger partial charge in [0.2, 0.25) is 0 Å². The predicted octanol–water partition coefficient (Wildman–Crippen LogP) is 5.50. The van der Waals surface area contributed by atoms with Crippen molar-refractivity contribution in [3.05, 3.63) is 65.0 Å². The Morgan fingerprint density at radius 1 is 0.914 bits per heavy atom. The largest absolute Gasteiger partial charge is 0.465 e. The van der Waals surface area contributed by atoms with E-state index in [1.807, 2.05) is 0 Å². The third kappa shape index (κ3) is 5.60. The van der Waals surface area contributed by atoms with Crippen molar-refractivity contribution >= 4 is 17.8 Å². The zero-order valence-corrected chi connectivity index (χ0v) is 18.4. The molecule has 0 aromatic heterocycles. The highest BCUT2D eigenvalue weighted by molar-refractivity contribution is 5.92. The van der Waals surface area contributed by atoms with Gasteiger partial charge in [0.25, 0.3) is 0 Å². The van der Waals surface area contributed by atoms with Gasteiger partial charge in [0, 0.05) is 38.8 Å². The van der Waals surface area contributed by atoms with Gasteiger partial charge in [-0.15, -0.1) is 0 Å². The van der Waals surface area contributed by atoms with Crippen LogP contribution < -0.4 is 4.90 Å². The van der Waals surface area contributed by atoms with Crippen LogP contribution in [-0.2, 0) is 12.4 Å². The minimum atomic E-state index is -5.09. The molecule has 0 aliphatic carbocycles. The van der Waals surface area contributed by atoms with E-state index in [-0.39, 0.29) is 19.2 Å². The van der Waals surface area contributed by atoms with Crippen molar-refractivity contribution in [2.45, 2.75) is 24.3 Å². The molecule has 13 heteroatoms. The fourth-order valence-electron chi connectivity index (χ4n) is 3.99. The van der Waals surface area contributed by atoms with E-state index in [2.05, 4.69) is 0 Å². The number of urea groups is 1.